The second-order valence-electron chi connectivity index (χ2n) is 5.15. The summed E-state index contributed by atoms with van der Waals surface area (Å²) in [5.41, 5.74) is 1.60. The van der Waals surface area contributed by atoms with Gasteiger partial charge in [-0.25, -0.2) is 0 Å². The molecule has 0 spiro atoms. The van der Waals surface area contributed by atoms with Crippen molar-refractivity contribution in [1.82, 2.24) is 4.98 Å². The first kappa shape index (κ1) is 15.8. The summed E-state index contributed by atoms with van der Waals surface area (Å²) >= 11 is 0. The van der Waals surface area contributed by atoms with Crippen molar-refractivity contribution in [3.63, 3.8) is 0 Å². The van der Waals surface area contributed by atoms with Crippen LogP contribution in [-0.2, 0) is 4.79 Å². The van der Waals surface area contributed by atoms with Gasteiger partial charge in [0, 0.05) is 17.3 Å². The van der Waals surface area contributed by atoms with Gasteiger partial charge in [-0.05, 0) is 55.5 Å². The molecule has 2 aromatic carbocycles. The molecule has 0 saturated heterocycles. The first-order valence-corrected chi connectivity index (χ1v) is 7.75. The number of benzene rings is 2. The summed E-state index contributed by atoms with van der Waals surface area (Å²) < 4.78 is 10.9. The van der Waals surface area contributed by atoms with Gasteiger partial charge in [0.25, 0.3) is 5.91 Å². The molecule has 24 heavy (non-hydrogen) atoms. The lowest BCUT2D eigenvalue weighted by molar-refractivity contribution is -0.118. The van der Waals surface area contributed by atoms with Crippen molar-refractivity contribution in [3.05, 3.63) is 60.8 Å². The largest absolute Gasteiger partial charge is 0.494 e. The van der Waals surface area contributed by atoms with Gasteiger partial charge in [0.15, 0.2) is 6.61 Å². The summed E-state index contributed by atoms with van der Waals surface area (Å²) in [7, 11) is 0. The number of amides is 1. The Bertz CT molecular complexity index is 831. The summed E-state index contributed by atoms with van der Waals surface area (Å²) in [5.74, 6) is 1.19. The number of fused-ring (bicyclic) bond motifs is 1. The third kappa shape index (κ3) is 4.01. The Balaban J connectivity index is 1.56. The number of ether oxygens (including phenoxy) is 2. The highest BCUT2D eigenvalue weighted by atomic mass is 16.5. The van der Waals surface area contributed by atoms with E-state index in [1.54, 1.807) is 24.4 Å². The topological polar surface area (TPSA) is 60.5 Å². The number of hydrogen-bond donors (Lipinski definition) is 1. The lowest BCUT2D eigenvalue weighted by atomic mass is 10.2. The maximum atomic E-state index is 12.0. The van der Waals surface area contributed by atoms with Crippen LogP contribution in [0, 0.1) is 0 Å². The quantitative estimate of drug-likeness (QED) is 0.752. The lowest BCUT2D eigenvalue weighted by Gasteiger charge is -2.09. The summed E-state index contributed by atoms with van der Waals surface area (Å²) in [6, 6.07) is 16.6. The molecule has 1 N–H and O–H groups in total. The van der Waals surface area contributed by atoms with Crippen LogP contribution in [0.1, 0.15) is 6.92 Å². The van der Waals surface area contributed by atoms with Gasteiger partial charge in [-0.2, -0.15) is 0 Å². The maximum Gasteiger partial charge on any atom is 0.262 e. The second kappa shape index (κ2) is 7.46. The number of nitrogens with zero attached hydrogens (tertiary/aromatic N) is 1. The fourth-order valence-corrected chi connectivity index (χ4v) is 2.29. The van der Waals surface area contributed by atoms with Crippen LogP contribution in [0.25, 0.3) is 10.9 Å². The molecule has 0 aliphatic rings. The van der Waals surface area contributed by atoms with Gasteiger partial charge < -0.3 is 14.8 Å². The molecule has 0 saturated carbocycles. The number of carbonyl (C=O) groups is 1. The molecular formula is C19H18N2O3. The van der Waals surface area contributed by atoms with Gasteiger partial charge in [-0.3, -0.25) is 9.78 Å². The Morgan fingerprint density at radius 1 is 1.04 bits per heavy atom. The van der Waals surface area contributed by atoms with Crippen LogP contribution in [0.5, 0.6) is 11.5 Å². The predicted octanol–water partition coefficient (Wildman–Crippen LogP) is 3.65. The highest BCUT2D eigenvalue weighted by Crippen LogP contribution is 2.19. The van der Waals surface area contributed by atoms with Crippen molar-refractivity contribution in [2.24, 2.45) is 0 Å². The van der Waals surface area contributed by atoms with Gasteiger partial charge in [0.2, 0.25) is 0 Å². The summed E-state index contributed by atoms with van der Waals surface area (Å²) in [6.45, 7) is 2.48. The van der Waals surface area contributed by atoms with Crippen LogP contribution in [-0.4, -0.2) is 24.1 Å². The fraction of sp³-hybridized carbons (Fsp3) is 0.158. The standard InChI is InChI=1S/C19H18N2O3/c1-2-23-16-7-5-15(6-8-16)21-19(22)13-24-17-9-10-18-14(12-17)4-3-11-20-18/h3-12H,2,13H2,1H3,(H,21,22). The smallest absolute Gasteiger partial charge is 0.262 e. The van der Waals surface area contributed by atoms with Gasteiger partial charge in [0.1, 0.15) is 11.5 Å². The highest BCUT2D eigenvalue weighted by molar-refractivity contribution is 5.92. The van der Waals surface area contributed by atoms with Crippen LogP contribution in [0.2, 0.25) is 0 Å². The molecule has 5 heteroatoms. The van der Waals surface area contributed by atoms with Crippen LogP contribution >= 0.6 is 0 Å². The first-order valence-electron chi connectivity index (χ1n) is 7.75. The van der Waals surface area contributed by atoms with E-state index in [0.29, 0.717) is 18.0 Å². The summed E-state index contributed by atoms with van der Waals surface area (Å²) in [6.07, 6.45) is 1.74. The normalized spacial score (nSPS) is 10.4. The molecule has 0 atom stereocenters. The van der Waals surface area contributed by atoms with E-state index in [4.69, 9.17) is 9.47 Å². The molecule has 0 unspecified atom stereocenters. The zero-order valence-electron chi connectivity index (χ0n) is 13.4. The molecule has 0 bridgehead atoms. The van der Waals surface area contributed by atoms with Crippen molar-refractivity contribution in [3.8, 4) is 11.5 Å². The van der Waals surface area contributed by atoms with E-state index in [1.165, 1.54) is 0 Å². The van der Waals surface area contributed by atoms with E-state index >= 15 is 0 Å². The minimum Gasteiger partial charge on any atom is -0.494 e. The van der Waals surface area contributed by atoms with Crippen LogP contribution in [0.3, 0.4) is 0 Å². The molecule has 122 valence electrons. The molecule has 0 radical (unpaired) electrons. The Morgan fingerprint density at radius 2 is 1.83 bits per heavy atom. The molecule has 0 aliphatic heterocycles. The van der Waals surface area contributed by atoms with E-state index in [1.807, 2.05) is 43.3 Å². The maximum absolute atomic E-state index is 12.0. The first-order chi connectivity index (χ1) is 11.7. The highest BCUT2D eigenvalue weighted by Gasteiger charge is 2.05. The Hall–Kier alpha value is -3.08. The monoisotopic (exact) mass is 322 g/mol. The minimum absolute atomic E-state index is 0.0566. The molecular weight excluding hydrogens is 304 g/mol. The SMILES string of the molecule is CCOc1ccc(NC(=O)COc2ccc3ncccc3c2)cc1. The van der Waals surface area contributed by atoms with Crippen molar-refractivity contribution in [1.29, 1.82) is 0 Å². The van der Waals surface area contributed by atoms with Gasteiger partial charge in [-0.1, -0.05) is 6.07 Å². The number of anilines is 1. The number of rotatable bonds is 6. The third-order valence-electron chi connectivity index (χ3n) is 3.39. The molecule has 1 amide bonds. The second-order valence-corrected chi connectivity index (χ2v) is 5.15. The Morgan fingerprint density at radius 3 is 2.62 bits per heavy atom. The lowest BCUT2D eigenvalue weighted by Crippen LogP contribution is -2.20. The third-order valence-corrected chi connectivity index (χ3v) is 3.39. The van der Waals surface area contributed by atoms with Crippen molar-refractivity contribution in [2.75, 3.05) is 18.5 Å². The molecule has 3 aromatic rings. The van der Waals surface area contributed by atoms with E-state index in [9.17, 15) is 4.79 Å². The minimum atomic E-state index is -0.217. The van der Waals surface area contributed by atoms with Crippen LogP contribution < -0.4 is 14.8 Å². The summed E-state index contributed by atoms with van der Waals surface area (Å²) in [4.78, 5) is 16.2. The molecule has 0 aliphatic carbocycles. The van der Waals surface area contributed by atoms with E-state index in [0.717, 1.165) is 16.7 Å². The molecule has 5 nitrogen and oxygen atoms in total. The zero-order valence-corrected chi connectivity index (χ0v) is 13.4. The average Bonchev–Trinajstić information content (AvgIpc) is 2.62. The Kier molecular flexibility index (Phi) is 4.91. The number of carbonyl (C=O) groups excluding carboxylic acids is 1. The predicted molar refractivity (Wildman–Crippen MR) is 93.5 cm³/mol. The molecule has 1 aromatic heterocycles. The van der Waals surface area contributed by atoms with Crippen LogP contribution in [0.15, 0.2) is 60.8 Å². The van der Waals surface area contributed by atoms with Gasteiger partial charge >= 0.3 is 0 Å². The van der Waals surface area contributed by atoms with Crippen LogP contribution in [0.4, 0.5) is 5.69 Å². The Labute approximate surface area is 140 Å². The molecule has 0 fully saturated rings. The van der Waals surface area contributed by atoms with Gasteiger partial charge in [-0.15, -0.1) is 0 Å². The van der Waals surface area contributed by atoms with Crippen molar-refractivity contribution < 1.29 is 14.3 Å². The van der Waals surface area contributed by atoms with Crippen molar-refractivity contribution >= 4 is 22.5 Å². The van der Waals surface area contributed by atoms with E-state index in [-0.39, 0.29) is 12.5 Å². The number of hydrogen-bond acceptors (Lipinski definition) is 4. The number of nitrogens with one attached hydrogen (secondary N) is 1. The van der Waals surface area contributed by atoms with Crippen molar-refractivity contribution in [2.45, 2.75) is 6.92 Å². The van der Waals surface area contributed by atoms with E-state index < -0.39 is 0 Å². The number of aromatic nitrogens is 1. The molecule has 1 heterocycles. The van der Waals surface area contributed by atoms with E-state index in [2.05, 4.69) is 10.3 Å². The van der Waals surface area contributed by atoms with Gasteiger partial charge in [0.05, 0.1) is 12.1 Å². The number of pyridine rings is 1. The average molecular weight is 322 g/mol. The summed E-state index contributed by atoms with van der Waals surface area (Å²) in [5, 5.41) is 3.76. The molecule has 3 rings (SSSR count). The zero-order chi connectivity index (χ0) is 16.8. The fourth-order valence-electron chi connectivity index (χ4n) is 2.29.